The van der Waals surface area contributed by atoms with E-state index in [1.165, 1.54) is 4.68 Å². The highest BCUT2D eigenvalue weighted by molar-refractivity contribution is 5.81. The van der Waals surface area contributed by atoms with Gasteiger partial charge in [0.05, 0.1) is 17.7 Å². The molecule has 31 heavy (non-hydrogen) atoms. The third kappa shape index (κ3) is 4.62. The van der Waals surface area contributed by atoms with E-state index in [1.807, 2.05) is 17.0 Å². The van der Waals surface area contributed by atoms with Crippen LogP contribution in [-0.4, -0.2) is 92.8 Å². The van der Waals surface area contributed by atoms with Gasteiger partial charge in [-0.25, -0.2) is 4.68 Å². The minimum atomic E-state index is -0.525. The first-order valence-electron chi connectivity index (χ1n) is 10.8. The molecule has 1 aromatic heterocycles. The van der Waals surface area contributed by atoms with Crippen molar-refractivity contribution in [2.75, 3.05) is 39.3 Å². The average molecular weight is 428 g/mol. The van der Waals surface area contributed by atoms with Gasteiger partial charge in [-0.2, -0.15) is 5.10 Å². The Kier molecular flexibility index (Phi) is 6.33. The van der Waals surface area contributed by atoms with E-state index in [1.54, 1.807) is 30.2 Å². The number of fused-ring (bicyclic) bond motifs is 1. The summed E-state index contributed by atoms with van der Waals surface area (Å²) in [4.78, 5) is 42.9. The van der Waals surface area contributed by atoms with Crippen molar-refractivity contribution in [1.82, 2.24) is 24.5 Å². The van der Waals surface area contributed by atoms with Crippen molar-refractivity contribution in [3.8, 4) is 0 Å². The maximum atomic E-state index is 12.9. The first kappa shape index (κ1) is 21.5. The van der Waals surface area contributed by atoms with Crippen LogP contribution in [0, 0.1) is 0 Å². The summed E-state index contributed by atoms with van der Waals surface area (Å²) in [7, 11) is 0. The minimum Gasteiger partial charge on any atom is -0.391 e. The molecule has 0 bridgehead atoms. The lowest BCUT2D eigenvalue weighted by Crippen LogP contribution is -2.54. The Morgan fingerprint density at radius 2 is 1.74 bits per heavy atom. The smallest absolute Gasteiger partial charge is 0.275 e. The molecular weight excluding hydrogens is 398 g/mol. The van der Waals surface area contributed by atoms with Crippen LogP contribution in [0.25, 0.3) is 10.8 Å². The van der Waals surface area contributed by atoms with E-state index in [4.69, 9.17) is 0 Å². The molecule has 2 fully saturated rings. The molecule has 2 aliphatic heterocycles. The van der Waals surface area contributed by atoms with Crippen LogP contribution >= 0.6 is 0 Å². The zero-order chi connectivity index (χ0) is 22.0. The molecular formula is C22H29N5O4. The third-order valence-electron chi connectivity index (χ3n) is 6.46. The van der Waals surface area contributed by atoms with Gasteiger partial charge in [0, 0.05) is 57.6 Å². The Morgan fingerprint density at radius 3 is 2.48 bits per heavy atom. The second kappa shape index (κ2) is 9.15. The molecule has 9 heteroatoms. The number of hydrogen-bond donors (Lipinski definition) is 1. The fourth-order valence-electron chi connectivity index (χ4n) is 4.59. The topological polar surface area (TPSA) is 99.0 Å². The number of aliphatic hydroxyl groups excluding tert-OH is 1. The molecule has 2 aromatic rings. The highest BCUT2D eigenvalue weighted by Gasteiger charge is 2.33. The number of amides is 2. The Bertz CT molecular complexity index is 1010. The van der Waals surface area contributed by atoms with Crippen molar-refractivity contribution in [3.05, 3.63) is 40.8 Å². The number of hydrogen-bond acceptors (Lipinski definition) is 6. The van der Waals surface area contributed by atoms with Gasteiger partial charge in [0.15, 0.2) is 0 Å². The second-order valence-corrected chi connectivity index (χ2v) is 8.33. The predicted octanol–water partition coefficient (Wildman–Crippen LogP) is -0.0875. The van der Waals surface area contributed by atoms with Crippen molar-refractivity contribution in [2.24, 2.45) is 0 Å². The van der Waals surface area contributed by atoms with E-state index in [2.05, 4.69) is 10.00 Å². The molecule has 1 N–H and O–H groups in total. The standard InChI is InChI=1S/C22H29N5O4/c1-16(28)24-10-12-25(13-11-24)19-6-8-26(9-7-20(19)29)21(30)15-27-22(31)18-5-3-2-4-17(18)14-23-27/h2-5,14,19-20,29H,6-13,15H2,1H3/t19-,20-/m0/s1. The summed E-state index contributed by atoms with van der Waals surface area (Å²) in [5.41, 5.74) is -0.275. The Hall–Kier alpha value is -2.78. The fourth-order valence-corrected chi connectivity index (χ4v) is 4.59. The molecule has 0 saturated carbocycles. The predicted molar refractivity (Wildman–Crippen MR) is 115 cm³/mol. The van der Waals surface area contributed by atoms with Crippen LogP contribution in [0.5, 0.6) is 0 Å². The summed E-state index contributed by atoms with van der Waals surface area (Å²) in [5.74, 6) is -0.0884. The average Bonchev–Trinajstić information content (AvgIpc) is 2.97. The maximum absolute atomic E-state index is 12.9. The quantitative estimate of drug-likeness (QED) is 0.735. The van der Waals surface area contributed by atoms with Gasteiger partial charge in [0.2, 0.25) is 11.8 Å². The van der Waals surface area contributed by atoms with Gasteiger partial charge in [-0.3, -0.25) is 19.3 Å². The monoisotopic (exact) mass is 427 g/mol. The second-order valence-electron chi connectivity index (χ2n) is 8.33. The molecule has 9 nitrogen and oxygen atoms in total. The molecule has 3 heterocycles. The van der Waals surface area contributed by atoms with E-state index in [-0.39, 0.29) is 30.0 Å². The summed E-state index contributed by atoms with van der Waals surface area (Å²) < 4.78 is 1.21. The Morgan fingerprint density at radius 1 is 1.03 bits per heavy atom. The highest BCUT2D eigenvalue weighted by Crippen LogP contribution is 2.20. The number of rotatable bonds is 3. The van der Waals surface area contributed by atoms with Gasteiger partial charge in [0.25, 0.3) is 5.56 Å². The number of nitrogens with zero attached hydrogens (tertiary/aromatic N) is 5. The normalized spacial score (nSPS) is 23.0. The Labute approximate surface area is 180 Å². The van der Waals surface area contributed by atoms with Gasteiger partial charge in [0.1, 0.15) is 6.54 Å². The summed E-state index contributed by atoms with van der Waals surface area (Å²) in [6.07, 6.45) is 2.23. The maximum Gasteiger partial charge on any atom is 0.275 e. The fraction of sp³-hybridized carbons (Fsp3) is 0.545. The number of carbonyl (C=O) groups excluding carboxylic acids is 2. The lowest BCUT2D eigenvalue weighted by atomic mass is 10.0. The number of carbonyl (C=O) groups is 2. The summed E-state index contributed by atoms with van der Waals surface area (Å²) in [5, 5.41) is 16.2. The van der Waals surface area contributed by atoms with Crippen molar-refractivity contribution in [1.29, 1.82) is 0 Å². The van der Waals surface area contributed by atoms with Crippen LogP contribution < -0.4 is 5.56 Å². The van der Waals surface area contributed by atoms with E-state index in [9.17, 15) is 19.5 Å². The van der Waals surface area contributed by atoms with Crippen LogP contribution in [0.15, 0.2) is 35.3 Å². The largest absolute Gasteiger partial charge is 0.391 e. The molecule has 2 saturated heterocycles. The molecule has 2 aliphatic rings. The Balaban J connectivity index is 1.39. The molecule has 0 unspecified atom stereocenters. The molecule has 0 spiro atoms. The number of piperazine rings is 1. The summed E-state index contributed by atoms with van der Waals surface area (Å²) in [6, 6.07) is 7.16. The van der Waals surface area contributed by atoms with E-state index in [0.29, 0.717) is 44.4 Å². The molecule has 2 amide bonds. The van der Waals surface area contributed by atoms with Gasteiger partial charge in [-0.05, 0) is 18.9 Å². The molecule has 0 radical (unpaired) electrons. The lowest BCUT2D eigenvalue weighted by molar-refractivity contribution is -0.132. The SMILES string of the molecule is CC(=O)N1CCN([C@H]2CCN(C(=O)Cn3ncc4ccccc4c3=O)CC[C@@H]2O)CC1. The molecule has 0 aliphatic carbocycles. The van der Waals surface area contributed by atoms with Crippen molar-refractivity contribution in [2.45, 2.75) is 38.5 Å². The summed E-state index contributed by atoms with van der Waals surface area (Å²) >= 11 is 0. The van der Waals surface area contributed by atoms with Crippen LogP contribution in [-0.2, 0) is 16.1 Å². The zero-order valence-electron chi connectivity index (χ0n) is 17.8. The van der Waals surface area contributed by atoms with Gasteiger partial charge in [-0.15, -0.1) is 0 Å². The van der Waals surface area contributed by atoms with Crippen molar-refractivity contribution >= 4 is 22.6 Å². The van der Waals surface area contributed by atoms with Crippen LogP contribution in [0.1, 0.15) is 19.8 Å². The summed E-state index contributed by atoms with van der Waals surface area (Å²) in [6.45, 7) is 5.23. The van der Waals surface area contributed by atoms with Gasteiger partial charge in [-0.1, -0.05) is 18.2 Å². The van der Waals surface area contributed by atoms with Gasteiger partial charge >= 0.3 is 0 Å². The van der Waals surface area contributed by atoms with Crippen LogP contribution in [0.2, 0.25) is 0 Å². The first-order chi connectivity index (χ1) is 14.9. The minimum absolute atomic E-state index is 0.0339. The number of benzene rings is 1. The zero-order valence-corrected chi connectivity index (χ0v) is 17.8. The van der Waals surface area contributed by atoms with E-state index >= 15 is 0 Å². The third-order valence-corrected chi connectivity index (χ3v) is 6.46. The number of aliphatic hydroxyl groups is 1. The molecule has 166 valence electrons. The van der Waals surface area contributed by atoms with Crippen LogP contribution in [0.4, 0.5) is 0 Å². The molecule has 4 rings (SSSR count). The molecule has 1 aromatic carbocycles. The van der Waals surface area contributed by atoms with Gasteiger partial charge < -0.3 is 14.9 Å². The van der Waals surface area contributed by atoms with Crippen LogP contribution in [0.3, 0.4) is 0 Å². The number of aromatic nitrogens is 2. The van der Waals surface area contributed by atoms with Crippen molar-refractivity contribution < 1.29 is 14.7 Å². The molecule has 2 atom stereocenters. The first-order valence-corrected chi connectivity index (χ1v) is 10.8. The van der Waals surface area contributed by atoms with E-state index < -0.39 is 6.10 Å². The van der Waals surface area contributed by atoms with Crippen molar-refractivity contribution in [3.63, 3.8) is 0 Å². The lowest BCUT2D eigenvalue weighted by Gasteiger charge is -2.40. The number of likely N-dealkylation sites (tertiary alicyclic amines) is 1. The van der Waals surface area contributed by atoms with E-state index in [0.717, 1.165) is 18.5 Å². The highest BCUT2D eigenvalue weighted by atomic mass is 16.3.